The first-order valence-electron chi connectivity index (χ1n) is 8.99. The standard InChI is InChI=1S/C21H27N3O/c1-21(22,19-11-3-2-4-12-19)20(25)23-15-17-9-5-6-10-18(17)16-24-13-7-8-14-24/h2-6,9-12H,7-8,13-16,22H2,1H3,(H,23,25). The summed E-state index contributed by atoms with van der Waals surface area (Å²) in [5.41, 5.74) is 8.52. The van der Waals surface area contributed by atoms with E-state index < -0.39 is 5.54 Å². The molecule has 3 N–H and O–H groups in total. The van der Waals surface area contributed by atoms with Crippen LogP contribution in [-0.2, 0) is 23.4 Å². The van der Waals surface area contributed by atoms with Gasteiger partial charge in [-0.1, -0.05) is 54.6 Å². The molecule has 4 nitrogen and oxygen atoms in total. The summed E-state index contributed by atoms with van der Waals surface area (Å²) in [4.78, 5) is 15.1. The van der Waals surface area contributed by atoms with Crippen molar-refractivity contribution >= 4 is 5.91 Å². The van der Waals surface area contributed by atoms with Gasteiger partial charge in [-0.25, -0.2) is 0 Å². The van der Waals surface area contributed by atoms with Gasteiger partial charge in [0.15, 0.2) is 0 Å². The first-order chi connectivity index (χ1) is 12.1. The monoisotopic (exact) mass is 337 g/mol. The molecular weight excluding hydrogens is 310 g/mol. The SMILES string of the molecule is CC(N)(C(=O)NCc1ccccc1CN1CCCC1)c1ccccc1. The number of rotatable bonds is 6. The summed E-state index contributed by atoms with van der Waals surface area (Å²) in [5.74, 6) is -0.158. The molecule has 2 aromatic rings. The number of hydrogen-bond acceptors (Lipinski definition) is 3. The molecule has 1 unspecified atom stereocenters. The molecule has 4 heteroatoms. The summed E-state index contributed by atoms with van der Waals surface area (Å²) in [6.07, 6.45) is 2.56. The van der Waals surface area contributed by atoms with Crippen LogP contribution >= 0.6 is 0 Å². The molecule has 1 aliphatic heterocycles. The fourth-order valence-electron chi connectivity index (χ4n) is 3.34. The van der Waals surface area contributed by atoms with Gasteiger partial charge in [-0.05, 0) is 49.5 Å². The molecule has 1 fully saturated rings. The normalized spacial score (nSPS) is 17.2. The van der Waals surface area contributed by atoms with Crippen molar-refractivity contribution < 1.29 is 4.79 Å². The fraction of sp³-hybridized carbons (Fsp3) is 0.381. The molecule has 132 valence electrons. The molecule has 0 radical (unpaired) electrons. The van der Waals surface area contributed by atoms with E-state index in [1.807, 2.05) is 36.4 Å². The van der Waals surface area contributed by atoms with E-state index in [1.54, 1.807) is 6.92 Å². The Kier molecular flexibility index (Phi) is 5.51. The lowest BCUT2D eigenvalue weighted by molar-refractivity contribution is -0.126. The molecule has 1 heterocycles. The Morgan fingerprint density at radius 2 is 1.64 bits per heavy atom. The van der Waals surface area contributed by atoms with Crippen LogP contribution in [0.5, 0.6) is 0 Å². The third-order valence-electron chi connectivity index (χ3n) is 5.00. The predicted molar refractivity (Wildman–Crippen MR) is 101 cm³/mol. The van der Waals surface area contributed by atoms with Crippen molar-refractivity contribution in [1.29, 1.82) is 0 Å². The van der Waals surface area contributed by atoms with Gasteiger partial charge in [-0.3, -0.25) is 9.69 Å². The highest BCUT2D eigenvalue weighted by atomic mass is 16.2. The highest BCUT2D eigenvalue weighted by Crippen LogP contribution is 2.19. The number of nitrogens with zero attached hydrogens (tertiary/aromatic N) is 1. The van der Waals surface area contributed by atoms with Crippen molar-refractivity contribution in [2.24, 2.45) is 5.73 Å². The molecule has 25 heavy (non-hydrogen) atoms. The summed E-state index contributed by atoms with van der Waals surface area (Å²) in [5, 5.41) is 3.02. The fourth-order valence-corrected chi connectivity index (χ4v) is 3.34. The molecular formula is C21H27N3O. The van der Waals surface area contributed by atoms with Crippen molar-refractivity contribution in [3.63, 3.8) is 0 Å². The van der Waals surface area contributed by atoms with Gasteiger partial charge in [0.1, 0.15) is 5.54 Å². The third kappa shape index (κ3) is 4.27. The largest absolute Gasteiger partial charge is 0.350 e. The molecule has 0 aliphatic carbocycles. The number of hydrogen-bond donors (Lipinski definition) is 2. The van der Waals surface area contributed by atoms with Gasteiger partial charge in [0.05, 0.1) is 0 Å². The Bertz CT molecular complexity index is 706. The van der Waals surface area contributed by atoms with Gasteiger partial charge >= 0.3 is 0 Å². The topological polar surface area (TPSA) is 58.4 Å². The van der Waals surface area contributed by atoms with Crippen LogP contribution in [0.3, 0.4) is 0 Å². The number of nitrogens with two attached hydrogens (primary N) is 1. The number of nitrogens with one attached hydrogen (secondary N) is 1. The number of carbonyl (C=O) groups is 1. The van der Waals surface area contributed by atoms with Crippen molar-refractivity contribution in [3.05, 3.63) is 71.3 Å². The van der Waals surface area contributed by atoms with E-state index in [9.17, 15) is 4.79 Å². The van der Waals surface area contributed by atoms with Gasteiger partial charge in [0.2, 0.25) is 5.91 Å². The van der Waals surface area contributed by atoms with E-state index in [-0.39, 0.29) is 5.91 Å². The molecule has 0 aromatic heterocycles. The van der Waals surface area contributed by atoms with Gasteiger partial charge < -0.3 is 11.1 Å². The first-order valence-corrected chi connectivity index (χ1v) is 8.99. The number of carbonyl (C=O) groups excluding carboxylic acids is 1. The molecule has 0 bridgehead atoms. The van der Waals surface area contributed by atoms with Crippen molar-refractivity contribution in [2.45, 2.75) is 38.4 Å². The minimum atomic E-state index is -1.04. The Labute approximate surface area is 150 Å². The van der Waals surface area contributed by atoms with Crippen LogP contribution in [0.15, 0.2) is 54.6 Å². The van der Waals surface area contributed by atoms with E-state index in [2.05, 4.69) is 28.4 Å². The smallest absolute Gasteiger partial charge is 0.244 e. The van der Waals surface area contributed by atoms with Gasteiger partial charge in [-0.2, -0.15) is 0 Å². The van der Waals surface area contributed by atoms with Crippen LogP contribution in [0.25, 0.3) is 0 Å². The zero-order chi connectivity index (χ0) is 17.7. The van der Waals surface area contributed by atoms with Crippen LogP contribution in [0.2, 0.25) is 0 Å². The Hall–Kier alpha value is -2.17. The minimum absolute atomic E-state index is 0.158. The molecule has 2 aromatic carbocycles. The average molecular weight is 337 g/mol. The highest BCUT2D eigenvalue weighted by Gasteiger charge is 2.30. The van der Waals surface area contributed by atoms with Crippen LogP contribution in [0, 0.1) is 0 Å². The lowest BCUT2D eigenvalue weighted by Crippen LogP contribution is -2.48. The lowest BCUT2D eigenvalue weighted by Gasteiger charge is -2.24. The van der Waals surface area contributed by atoms with Crippen molar-refractivity contribution in [1.82, 2.24) is 10.2 Å². The highest BCUT2D eigenvalue weighted by molar-refractivity contribution is 5.86. The summed E-state index contributed by atoms with van der Waals surface area (Å²) in [6.45, 7) is 5.53. The Morgan fingerprint density at radius 1 is 1.04 bits per heavy atom. The summed E-state index contributed by atoms with van der Waals surface area (Å²) in [6, 6.07) is 17.8. The third-order valence-corrected chi connectivity index (χ3v) is 5.00. The van der Waals surface area contributed by atoms with E-state index in [1.165, 1.54) is 18.4 Å². The summed E-state index contributed by atoms with van der Waals surface area (Å²) >= 11 is 0. The zero-order valence-electron chi connectivity index (χ0n) is 14.9. The first kappa shape index (κ1) is 17.6. The van der Waals surface area contributed by atoms with E-state index >= 15 is 0 Å². The maximum absolute atomic E-state index is 12.6. The quantitative estimate of drug-likeness (QED) is 0.852. The summed E-state index contributed by atoms with van der Waals surface area (Å²) < 4.78 is 0. The van der Waals surface area contributed by atoms with Crippen LogP contribution in [0.1, 0.15) is 36.5 Å². The van der Waals surface area contributed by atoms with E-state index in [0.717, 1.165) is 30.8 Å². The van der Waals surface area contributed by atoms with Crippen LogP contribution < -0.4 is 11.1 Å². The molecule has 0 saturated carbocycles. The second-order valence-corrected chi connectivity index (χ2v) is 7.00. The van der Waals surface area contributed by atoms with E-state index in [0.29, 0.717) is 6.54 Å². The Balaban J connectivity index is 1.66. The molecule has 1 atom stereocenters. The molecule has 1 amide bonds. The zero-order valence-corrected chi connectivity index (χ0v) is 14.9. The van der Waals surface area contributed by atoms with Gasteiger partial charge in [0.25, 0.3) is 0 Å². The van der Waals surface area contributed by atoms with Gasteiger partial charge in [-0.15, -0.1) is 0 Å². The summed E-state index contributed by atoms with van der Waals surface area (Å²) in [7, 11) is 0. The minimum Gasteiger partial charge on any atom is -0.350 e. The Morgan fingerprint density at radius 3 is 2.32 bits per heavy atom. The molecule has 3 rings (SSSR count). The average Bonchev–Trinajstić information content (AvgIpc) is 3.14. The lowest BCUT2D eigenvalue weighted by atomic mass is 9.92. The predicted octanol–water partition coefficient (Wildman–Crippen LogP) is 2.77. The van der Waals surface area contributed by atoms with Gasteiger partial charge in [0, 0.05) is 13.1 Å². The number of likely N-dealkylation sites (tertiary alicyclic amines) is 1. The van der Waals surface area contributed by atoms with Crippen molar-refractivity contribution in [2.75, 3.05) is 13.1 Å². The van der Waals surface area contributed by atoms with Crippen LogP contribution in [0.4, 0.5) is 0 Å². The second kappa shape index (κ2) is 7.81. The van der Waals surface area contributed by atoms with E-state index in [4.69, 9.17) is 5.73 Å². The van der Waals surface area contributed by atoms with Crippen molar-refractivity contribution in [3.8, 4) is 0 Å². The molecule has 0 spiro atoms. The molecule has 1 aliphatic rings. The maximum atomic E-state index is 12.6. The second-order valence-electron chi connectivity index (χ2n) is 7.00. The number of benzene rings is 2. The number of amides is 1. The maximum Gasteiger partial charge on any atom is 0.244 e. The van der Waals surface area contributed by atoms with Crippen LogP contribution in [-0.4, -0.2) is 23.9 Å². The molecule has 1 saturated heterocycles.